The lowest BCUT2D eigenvalue weighted by Crippen LogP contribution is -2.39. The predicted octanol–water partition coefficient (Wildman–Crippen LogP) is 3.85. The summed E-state index contributed by atoms with van der Waals surface area (Å²) in [5, 5.41) is 0. The van der Waals surface area contributed by atoms with Gasteiger partial charge in [-0.25, -0.2) is 9.59 Å². The summed E-state index contributed by atoms with van der Waals surface area (Å²) in [5.74, 6) is 0.658. The number of methoxy groups -OCH3 is 1. The zero-order valence-corrected chi connectivity index (χ0v) is 34.0. The van der Waals surface area contributed by atoms with Crippen LogP contribution in [-0.2, 0) is 44.3 Å². The summed E-state index contributed by atoms with van der Waals surface area (Å²) < 4.78 is 59.1. The van der Waals surface area contributed by atoms with Crippen LogP contribution in [0.3, 0.4) is 0 Å². The SMILES string of the molecule is C=CCO[C@H]1C[C@H](n2cc(C)c(=O)[nH]c2=O)O[C@@H]1COS(=O)O[C@H]1C[C@H](n2cc(C)c(=O)[nH]c2=O)O[C@@H]1COC(c1ccccc1)(c1ccccc1)c1ccc(OC)cc1. The lowest BCUT2D eigenvalue weighted by atomic mass is 9.80. The molecule has 0 aliphatic carbocycles. The van der Waals surface area contributed by atoms with Crippen molar-refractivity contribution in [3.63, 3.8) is 0 Å². The highest BCUT2D eigenvalue weighted by Crippen LogP contribution is 2.42. The van der Waals surface area contributed by atoms with Gasteiger partial charge in [-0.1, -0.05) is 78.9 Å². The lowest BCUT2D eigenvalue weighted by molar-refractivity contribution is -0.0921. The molecule has 4 heterocycles. The first-order valence-corrected chi connectivity index (χ1v) is 20.3. The number of nitrogens with one attached hydrogen (secondary N) is 2. The van der Waals surface area contributed by atoms with Gasteiger partial charge in [0.2, 0.25) is 0 Å². The van der Waals surface area contributed by atoms with Crippen LogP contribution in [0.1, 0.15) is 53.1 Å². The molecule has 2 fully saturated rings. The molecule has 7 atom stereocenters. The Morgan fingerprint density at radius 3 is 1.77 bits per heavy atom. The van der Waals surface area contributed by atoms with Crippen LogP contribution in [-0.4, -0.2) is 74.7 Å². The number of rotatable bonds is 17. The molecule has 2 saturated heterocycles. The Morgan fingerprint density at radius 1 is 0.750 bits per heavy atom. The molecule has 0 radical (unpaired) electrons. The molecular formula is C43H46N4O12S. The number of ether oxygens (including phenoxy) is 5. The molecule has 0 amide bonds. The number of hydrogen-bond donors (Lipinski definition) is 2. The van der Waals surface area contributed by atoms with Gasteiger partial charge in [0.15, 0.2) is 0 Å². The number of aromatic nitrogens is 4. The molecular weight excluding hydrogens is 797 g/mol. The van der Waals surface area contributed by atoms with Gasteiger partial charge in [0.25, 0.3) is 11.1 Å². The Kier molecular flexibility index (Phi) is 13.4. The first kappa shape index (κ1) is 42.6. The zero-order chi connectivity index (χ0) is 42.4. The average molecular weight is 843 g/mol. The second-order valence-corrected chi connectivity index (χ2v) is 15.3. The van der Waals surface area contributed by atoms with Crippen LogP contribution in [0.15, 0.2) is 129 Å². The van der Waals surface area contributed by atoms with Gasteiger partial charge in [0, 0.05) is 36.4 Å². The van der Waals surface area contributed by atoms with Crippen LogP contribution in [0, 0.1) is 13.8 Å². The van der Waals surface area contributed by atoms with E-state index in [1.165, 1.54) is 21.5 Å². The topological polar surface area (TPSA) is 191 Å². The lowest BCUT2D eigenvalue weighted by Gasteiger charge is -2.37. The number of hydrogen-bond acceptors (Lipinski definition) is 12. The molecule has 316 valence electrons. The van der Waals surface area contributed by atoms with Gasteiger partial charge in [0.05, 0.1) is 33.0 Å². The molecule has 7 rings (SSSR count). The monoisotopic (exact) mass is 842 g/mol. The standard InChI is InChI=1S/C43H46N4O12S/c1-5-20-54-33-21-37(46-23-27(2)39(48)44-41(46)50)58-36(33)26-56-60(52)59-34-22-38(47-24-28(3)40(49)45-42(47)51)57-35(34)25-55-43(29-12-8-6-9-13-29,30-14-10-7-11-15-30)31-16-18-32(53-4)19-17-31/h5-19,23-24,33-38H,1,20-22,25-26H2,2-4H3,(H,44,48,50)(H,45,49,51)/t33-,34-,35+,36+,37+,38+,60?/m0/s1. The van der Waals surface area contributed by atoms with Gasteiger partial charge >= 0.3 is 22.7 Å². The third-order valence-electron chi connectivity index (χ3n) is 10.6. The minimum Gasteiger partial charge on any atom is -0.497 e. The van der Waals surface area contributed by atoms with Crippen LogP contribution >= 0.6 is 0 Å². The van der Waals surface area contributed by atoms with Crippen molar-refractivity contribution in [3.05, 3.63) is 179 Å². The largest absolute Gasteiger partial charge is 0.497 e. The summed E-state index contributed by atoms with van der Waals surface area (Å²) in [6, 6.07) is 26.9. The summed E-state index contributed by atoms with van der Waals surface area (Å²) in [5.41, 5.74) is -0.539. The summed E-state index contributed by atoms with van der Waals surface area (Å²) >= 11 is -2.40. The summed E-state index contributed by atoms with van der Waals surface area (Å²) in [4.78, 5) is 54.6. The number of benzene rings is 3. The van der Waals surface area contributed by atoms with Crippen LogP contribution < -0.4 is 27.2 Å². The first-order valence-electron chi connectivity index (χ1n) is 19.3. The molecule has 60 heavy (non-hydrogen) atoms. The Hall–Kier alpha value is -5.53. The second-order valence-electron chi connectivity index (χ2n) is 14.4. The molecule has 2 aliphatic heterocycles. The average Bonchev–Trinajstić information content (AvgIpc) is 3.86. The van der Waals surface area contributed by atoms with E-state index < -0.39 is 76.3 Å². The molecule has 2 aliphatic rings. The van der Waals surface area contributed by atoms with E-state index in [1.807, 2.05) is 84.9 Å². The Bertz CT molecular complexity index is 2480. The maximum atomic E-state index is 13.7. The quantitative estimate of drug-likeness (QED) is 0.102. The van der Waals surface area contributed by atoms with Crippen LogP contribution in [0.25, 0.3) is 0 Å². The Morgan fingerprint density at radius 2 is 1.25 bits per heavy atom. The van der Waals surface area contributed by atoms with E-state index in [0.717, 1.165) is 16.7 Å². The highest BCUT2D eigenvalue weighted by atomic mass is 32.2. The maximum Gasteiger partial charge on any atom is 0.330 e. The van der Waals surface area contributed by atoms with Gasteiger partial charge in [0.1, 0.15) is 42.1 Å². The molecule has 16 nitrogen and oxygen atoms in total. The van der Waals surface area contributed by atoms with Crippen molar-refractivity contribution in [1.29, 1.82) is 0 Å². The van der Waals surface area contributed by atoms with Crippen LogP contribution in [0.5, 0.6) is 5.75 Å². The fraction of sp³-hybridized carbons (Fsp3) is 0.349. The van der Waals surface area contributed by atoms with Gasteiger partial charge in [-0.05, 0) is 42.7 Å². The fourth-order valence-electron chi connectivity index (χ4n) is 7.49. The van der Waals surface area contributed by atoms with E-state index in [-0.39, 0.29) is 38.2 Å². The molecule has 0 bridgehead atoms. The van der Waals surface area contributed by atoms with Crippen LogP contribution in [0.2, 0.25) is 0 Å². The van der Waals surface area contributed by atoms with Crippen LogP contribution in [0.4, 0.5) is 0 Å². The minimum absolute atomic E-state index is 0.0300. The van der Waals surface area contributed by atoms with E-state index in [2.05, 4.69) is 16.5 Å². The van der Waals surface area contributed by atoms with Gasteiger partial charge in [-0.2, -0.15) is 4.21 Å². The van der Waals surface area contributed by atoms with Crippen molar-refractivity contribution in [2.75, 3.05) is 26.9 Å². The van der Waals surface area contributed by atoms with Crippen molar-refractivity contribution in [2.45, 2.75) is 69.2 Å². The molecule has 2 N–H and O–H groups in total. The number of nitrogens with zero attached hydrogens (tertiary/aromatic N) is 2. The third kappa shape index (κ3) is 9.12. The van der Waals surface area contributed by atoms with E-state index in [9.17, 15) is 23.4 Å². The molecule has 0 spiro atoms. The summed E-state index contributed by atoms with van der Waals surface area (Å²) in [6.45, 7) is 6.63. The van der Waals surface area contributed by atoms with Crippen molar-refractivity contribution < 1.29 is 36.3 Å². The minimum atomic E-state index is -2.40. The maximum absolute atomic E-state index is 13.7. The van der Waals surface area contributed by atoms with E-state index in [1.54, 1.807) is 27.0 Å². The van der Waals surface area contributed by atoms with E-state index in [0.29, 0.717) is 11.3 Å². The van der Waals surface area contributed by atoms with E-state index >= 15 is 0 Å². The fourth-order valence-corrected chi connectivity index (χ4v) is 8.20. The van der Waals surface area contributed by atoms with Gasteiger partial charge in [-0.3, -0.25) is 37.1 Å². The van der Waals surface area contributed by atoms with Crippen molar-refractivity contribution >= 4 is 11.4 Å². The highest BCUT2D eigenvalue weighted by Gasteiger charge is 2.44. The van der Waals surface area contributed by atoms with Crippen molar-refractivity contribution in [2.24, 2.45) is 0 Å². The second kappa shape index (κ2) is 18.8. The smallest absolute Gasteiger partial charge is 0.330 e. The van der Waals surface area contributed by atoms with Gasteiger partial charge < -0.3 is 23.7 Å². The third-order valence-corrected chi connectivity index (χ3v) is 11.3. The zero-order valence-electron chi connectivity index (χ0n) is 33.2. The van der Waals surface area contributed by atoms with Crippen molar-refractivity contribution in [3.8, 4) is 5.75 Å². The summed E-state index contributed by atoms with van der Waals surface area (Å²) in [6.07, 6.45) is -0.379. The molecule has 0 saturated carbocycles. The van der Waals surface area contributed by atoms with Gasteiger partial charge in [-0.15, -0.1) is 6.58 Å². The molecule has 17 heteroatoms. The number of aromatic amines is 2. The first-order chi connectivity index (χ1) is 29.0. The normalized spacial score (nSPS) is 22.1. The summed E-state index contributed by atoms with van der Waals surface area (Å²) in [7, 11) is 1.59. The van der Waals surface area contributed by atoms with E-state index in [4.69, 9.17) is 32.1 Å². The number of H-pyrrole nitrogens is 2. The molecule has 1 unspecified atom stereocenters. The highest BCUT2D eigenvalue weighted by molar-refractivity contribution is 7.75. The predicted molar refractivity (Wildman–Crippen MR) is 220 cm³/mol. The number of aryl methyl sites for hydroxylation is 2. The Labute approximate surface area is 347 Å². The molecule has 2 aromatic heterocycles. The molecule has 5 aromatic rings. The Balaban J connectivity index is 1.16. The van der Waals surface area contributed by atoms with Crippen molar-refractivity contribution in [1.82, 2.24) is 19.1 Å². The molecule has 3 aromatic carbocycles.